The Hall–Kier alpha value is -0.110. The highest BCUT2D eigenvalue weighted by atomic mass is 31.2. The van der Waals surface area contributed by atoms with Crippen molar-refractivity contribution in [3.63, 3.8) is 0 Å². The van der Waals surface area contributed by atoms with Crippen LogP contribution in [0.15, 0.2) is 12.7 Å². The van der Waals surface area contributed by atoms with Crippen molar-refractivity contribution in [2.75, 3.05) is 19.4 Å². The molecule has 23 heavy (non-hydrogen) atoms. The fourth-order valence-corrected chi connectivity index (χ4v) is 4.01. The summed E-state index contributed by atoms with van der Waals surface area (Å²) in [7, 11) is -3.04. The molecule has 0 heterocycles. The minimum atomic E-state index is -3.04. The van der Waals surface area contributed by atoms with Gasteiger partial charge in [-0.25, -0.2) is 0 Å². The molecular weight excluding hydrogens is 307 g/mol. The molecule has 0 aliphatic rings. The van der Waals surface area contributed by atoms with E-state index in [1.807, 2.05) is 0 Å². The first-order chi connectivity index (χ1) is 11.0. The van der Waals surface area contributed by atoms with Gasteiger partial charge >= 0.3 is 7.60 Å². The van der Waals surface area contributed by atoms with E-state index in [9.17, 15) is 4.57 Å². The van der Waals surface area contributed by atoms with Crippen molar-refractivity contribution in [1.29, 1.82) is 0 Å². The maximum absolute atomic E-state index is 12.9. The third-order valence-electron chi connectivity index (χ3n) is 4.45. The third kappa shape index (κ3) is 11.1. The number of allylic oxidation sites excluding steroid dienone is 1. The summed E-state index contributed by atoms with van der Waals surface area (Å²) < 4.78 is 24.4. The predicted molar refractivity (Wildman–Crippen MR) is 101 cm³/mol. The van der Waals surface area contributed by atoms with E-state index in [2.05, 4.69) is 34.3 Å². The summed E-state index contributed by atoms with van der Waals surface area (Å²) in [5.74, 6) is 0.942. The Labute approximate surface area is 144 Å². The van der Waals surface area contributed by atoms with Crippen molar-refractivity contribution >= 4 is 7.60 Å². The van der Waals surface area contributed by atoms with Gasteiger partial charge in [-0.05, 0) is 24.7 Å². The zero-order chi connectivity index (χ0) is 17.6. The molecule has 0 saturated heterocycles. The van der Waals surface area contributed by atoms with Crippen LogP contribution in [0.2, 0.25) is 0 Å². The van der Waals surface area contributed by atoms with Crippen molar-refractivity contribution in [2.45, 2.75) is 79.1 Å². The fourth-order valence-electron chi connectivity index (χ4n) is 2.53. The van der Waals surface area contributed by atoms with Crippen LogP contribution in [0, 0.1) is 11.8 Å². The molecule has 0 aromatic heterocycles. The number of rotatable bonds is 16. The van der Waals surface area contributed by atoms with Crippen LogP contribution >= 0.6 is 7.60 Å². The zero-order valence-corrected chi connectivity index (χ0v) is 16.8. The van der Waals surface area contributed by atoms with Gasteiger partial charge in [0, 0.05) is 0 Å². The van der Waals surface area contributed by atoms with E-state index >= 15 is 0 Å². The van der Waals surface area contributed by atoms with E-state index in [-0.39, 0.29) is 0 Å². The molecule has 0 spiro atoms. The van der Waals surface area contributed by atoms with Gasteiger partial charge in [-0.3, -0.25) is 4.57 Å². The Morgan fingerprint density at radius 3 is 1.65 bits per heavy atom. The van der Waals surface area contributed by atoms with Gasteiger partial charge in [-0.15, -0.1) is 6.58 Å². The van der Waals surface area contributed by atoms with Gasteiger partial charge in [0.2, 0.25) is 0 Å². The average Bonchev–Trinajstić information content (AvgIpc) is 2.55. The van der Waals surface area contributed by atoms with E-state index < -0.39 is 7.60 Å². The minimum absolute atomic E-state index is 0.307. The summed E-state index contributed by atoms with van der Waals surface area (Å²) in [4.78, 5) is 0. The van der Waals surface area contributed by atoms with Crippen molar-refractivity contribution in [3.05, 3.63) is 12.7 Å². The molecule has 0 fully saturated rings. The molecule has 0 aromatic carbocycles. The molecule has 2 unspecified atom stereocenters. The van der Waals surface area contributed by atoms with Crippen LogP contribution in [0.25, 0.3) is 0 Å². The number of unbranched alkanes of at least 4 members (excludes halogenated alkanes) is 2. The lowest BCUT2D eigenvalue weighted by Gasteiger charge is -2.23. The highest BCUT2D eigenvalue weighted by Crippen LogP contribution is 2.49. The fraction of sp³-hybridized carbons (Fsp3) is 0.895. The Kier molecular flexibility index (Phi) is 14.2. The number of hydrogen-bond donors (Lipinski definition) is 0. The first kappa shape index (κ1) is 22.9. The van der Waals surface area contributed by atoms with Gasteiger partial charge in [-0.1, -0.05) is 72.3 Å². The molecule has 2 atom stereocenters. The molecule has 3 nitrogen and oxygen atoms in total. The van der Waals surface area contributed by atoms with Crippen molar-refractivity contribution in [2.24, 2.45) is 11.8 Å². The first-order valence-corrected chi connectivity index (χ1v) is 11.3. The Balaban J connectivity index is 4.46. The maximum Gasteiger partial charge on any atom is 0.334 e. The summed E-state index contributed by atoms with van der Waals surface area (Å²) in [6.45, 7) is 13.5. The van der Waals surface area contributed by atoms with Crippen molar-refractivity contribution in [3.8, 4) is 0 Å². The van der Waals surface area contributed by atoms with Crippen LogP contribution in [0.1, 0.15) is 79.1 Å². The van der Waals surface area contributed by atoms with Gasteiger partial charge in [-0.2, -0.15) is 0 Å². The van der Waals surface area contributed by atoms with E-state index in [4.69, 9.17) is 9.05 Å². The van der Waals surface area contributed by atoms with Crippen LogP contribution in [-0.2, 0) is 13.6 Å². The first-order valence-electron chi connectivity index (χ1n) is 9.54. The smallest absolute Gasteiger partial charge is 0.308 e. The maximum atomic E-state index is 12.9. The van der Waals surface area contributed by atoms with Crippen molar-refractivity contribution in [1.82, 2.24) is 0 Å². The van der Waals surface area contributed by atoms with E-state index in [0.717, 1.165) is 25.7 Å². The molecule has 0 rings (SSSR count). The summed E-state index contributed by atoms with van der Waals surface area (Å²) in [6.07, 6.45) is 11.1. The van der Waals surface area contributed by atoms with Crippen LogP contribution in [0.3, 0.4) is 0 Å². The predicted octanol–water partition coefficient (Wildman–Crippen LogP) is 6.83. The molecule has 0 radical (unpaired) electrons. The lowest BCUT2D eigenvalue weighted by Crippen LogP contribution is -2.13. The second kappa shape index (κ2) is 14.3. The van der Waals surface area contributed by atoms with E-state index in [1.54, 1.807) is 6.08 Å². The van der Waals surface area contributed by atoms with Gasteiger partial charge in [0.25, 0.3) is 0 Å². The molecule has 0 N–H and O–H groups in total. The summed E-state index contributed by atoms with van der Waals surface area (Å²) >= 11 is 0. The molecule has 0 bridgehead atoms. The second-order valence-electron chi connectivity index (χ2n) is 6.51. The molecular formula is C19H39O3P. The van der Waals surface area contributed by atoms with Gasteiger partial charge in [0.05, 0.1) is 19.4 Å². The van der Waals surface area contributed by atoms with Crippen molar-refractivity contribution < 1.29 is 13.6 Å². The molecule has 4 heteroatoms. The van der Waals surface area contributed by atoms with E-state index in [0.29, 0.717) is 31.2 Å². The molecule has 0 amide bonds. The summed E-state index contributed by atoms with van der Waals surface area (Å²) in [6, 6.07) is 0. The highest BCUT2D eigenvalue weighted by molar-refractivity contribution is 7.54. The zero-order valence-electron chi connectivity index (χ0n) is 15.9. The monoisotopic (exact) mass is 346 g/mol. The van der Waals surface area contributed by atoms with E-state index in [1.165, 1.54) is 25.7 Å². The highest BCUT2D eigenvalue weighted by Gasteiger charge is 2.25. The van der Waals surface area contributed by atoms with Crippen LogP contribution < -0.4 is 0 Å². The van der Waals surface area contributed by atoms with Gasteiger partial charge < -0.3 is 9.05 Å². The molecule has 0 aliphatic carbocycles. The topological polar surface area (TPSA) is 35.5 Å². The average molecular weight is 346 g/mol. The standard InChI is InChI=1S/C19H39O3P/c1-6-11-13-18(9-4)16-21-23(20,15-8-3)22-17-19(10-5)14-12-7-2/h8,18-19H,3,6-7,9-17H2,1-2,4-5H3. The molecule has 0 aliphatic heterocycles. The van der Waals surface area contributed by atoms with Crippen LogP contribution in [0.4, 0.5) is 0 Å². The summed E-state index contributed by atoms with van der Waals surface area (Å²) in [5.41, 5.74) is 0. The van der Waals surface area contributed by atoms with Gasteiger partial charge in [0.15, 0.2) is 0 Å². The van der Waals surface area contributed by atoms with Crippen LogP contribution in [0.5, 0.6) is 0 Å². The number of hydrogen-bond acceptors (Lipinski definition) is 3. The Morgan fingerprint density at radius 2 is 1.35 bits per heavy atom. The normalized spacial score (nSPS) is 16.7. The molecule has 138 valence electrons. The third-order valence-corrected chi connectivity index (χ3v) is 6.24. The Bertz CT molecular complexity index is 307. The lowest BCUT2D eigenvalue weighted by atomic mass is 10.0. The minimum Gasteiger partial charge on any atom is -0.308 e. The molecule has 0 aromatic rings. The van der Waals surface area contributed by atoms with Gasteiger partial charge in [0.1, 0.15) is 0 Å². The molecule has 0 saturated carbocycles. The lowest BCUT2D eigenvalue weighted by molar-refractivity contribution is 0.152. The van der Waals surface area contributed by atoms with Crippen LogP contribution in [-0.4, -0.2) is 19.4 Å². The second-order valence-corrected chi connectivity index (χ2v) is 8.61. The SMILES string of the molecule is C=CCP(=O)(OCC(CC)CCCC)OCC(CC)CCCC. The quantitative estimate of drug-likeness (QED) is 0.227. The Morgan fingerprint density at radius 1 is 0.913 bits per heavy atom. The largest absolute Gasteiger partial charge is 0.334 e. The summed E-state index contributed by atoms with van der Waals surface area (Å²) in [5, 5.41) is 0.